The Labute approximate surface area is 209 Å². The van der Waals surface area contributed by atoms with Crippen LogP contribution in [-0.2, 0) is 32.6 Å². The zero-order chi connectivity index (χ0) is 26.0. The van der Waals surface area contributed by atoms with Gasteiger partial charge in [0.05, 0.1) is 19.1 Å². The van der Waals surface area contributed by atoms with Crippen molar-refractivity contribution in [2.24, 2.45) is 0 Å². The molecule has 0 spiro atoms. The second-order valence-electron chi connectivity index (χ2n) is 8.34. The topological polar surface area (TPSA) is 96.0 Å². The summed E-state index contributed by atoms with van der Waals surface area (Å²) in [5.41, 5.74) is 2.06. The number of hydrogen-bond donors (Lipinski definition) is 1. The van der Waals surface area contributed by atoms with Crippen molar-refractivity contribution in [3.8, 4) is 5.75 Å². The van der Waals surface area contributed by atoms with Crippen LogP contribution in [0.1, 0.15) is 44.7 Å². The Kier molecular flexibility index (Phi) is 10.6. The van der Waals surface area contributed by atoms with Crippen LogP contribution in [0.15, 0.2) is 48.5 Å². The van der Waals surface area contributed by atoms with Crippen molar-refractivity contribution >= 4 is 27.5 Å². The SMILES string of the molecule is CCCNC(=O)C(CC)N(Cc1cccc(OC)c1)C(=O)CN(c1ccccc1CC)S(C)(=O)=O. The van der Waals surface area contributed by atoms with E-state index in [9.17, 15) is 18.0 Å². The molecule has 2 aromatic carbocycles. The van der Waals surface area contributed by atoms with Crippen LogP contribution in [0.2, 0.25) is 0 Å². The molecule has 192 valence electrons. The maximum absolute atomic E-state index is 13.7. The van der Waals surface area contributed by atoms with E-state index in [1.807, 2.05) is 45.0 Å². The van der Waals surface area contributed by atoms with Gasteiger partial charge in [0.2, 0.25) is 21.8 Å². The van der Waals surface area contributed by atoms with E-state index in [2.05, 4.69) is 5.32 Å². The van der Waals surface area contributed by atoms with Crippen LogP contribution < -0.4 is 14.4 Å². The van der Waals surface area contributed by atoms with Crippen LogP contribution in [-0.4, -0.2) is 57.6 Å². The highest BCUT2D eigenvalue weighted by Crippen LogP contribution is 2.24. The average molecular weight is 504 g/mol. The quantitative estimate of drug-likeness (QED) is 0.452. The summed E-state index contributed by atoms with van der Waals surface area (Å²) in [5.74, 6) is -0.0823. The Morgan fingerprint density at radius 3 is 2.37 bits per heavy atom. The van der Waals surface area contributed by atoms with Crippen LogP contribution in [0, 0.1) is 0 Å². The molecule has 0 aliphatic rings. The molecule has 1 N–H and O–H groups in total. The minimum Gasteiger partial charge on any atom is -0.497 e. The summed E-state index contributed by atoms with van der Waals surface area (Å²) in [6.45, 7) is 5.95. The zero-order valence-electron chi connectivity index (χ0n) is 21.3. The molecule has 9 heteroatoms. The molecule has 0 saturated carbocycles. The molecule has 2 amide bonds. The molecule has 0 fully saturated rings. The number of hydrogen-bond acceptors (Lipinski definition) is 5. The van der Waals surface area contributed by atoms with E-state index in [1.165, 1.54) is 4.90 Å². The van der Waals surface area contributed by atoms with Gasteiger partial charge in [-0.05, 0) is 48.6 Å². The Hall–Kier alpha value is -3.07. The molecular weight excluding hydrogens is 466 g/mol. The summed E-state index contributed by atoms with van der Waals surface area (Å²) in [5, 5.41) is 2.87. The van der Waals surface area contributed by atoms with Crippen LogP contribution in [0.4, 0.5) is 5.69 Å². The van der Waals surface area contributed by atoms with Gasteiger partial charge in [0.25, 0.3) is 0 Å². The van der Waals surface area contributed by atoms with Gasteiger partial charge in [-0.2, -0.15) is 0 Å². The van der Waals surface area contributed by atoms with Gasteiger partial charge in [0, 0.05) is 13.1 Å². The number of benzene rings is 2. The molecule has 35 heavy (non-hydrogen) atoms. The van der Waals surface area contributed by atoms with Gasteiger partial charge < -0.3 is 15.0 Å². The number of nitrogens with zero attached hydrogens (tertiary/aromatic N) is 2. The molecule has 0 aliphatic carbocycles. The lowest BCUT2D eigenvalue weighted by atomic mass is 10.1. The Morgan fingerprint density at radius 2 is 1.77 bits per heavy atom. The zero-order valence-corrected chi connectivity index (χ0v) is 22.1. The van der Waals surface area contributed by atoms with Crippen molar-refractivity contribution < 1.29 is 22.7 Å². The molecule has 0 saturated heterocycles. The molecular formula is C26H37N3O5S. The smallest absolute Gasteiger partial charge is 0.244 e. The number of carbonyl (C=O) groups is 2. The fourth-order valence-electron chi connectivity index (χ4n) is 3.90. The molecule has 0 radical (unpaired) electrons. The summed E-state index contributed by atoms with van der Waals surface area (Å²) in [4.78, 5) is 28.2. The normalized spacial score (nSPS) is 12.0. The summed E-state index contributed by atoms with van der Waals surface area (Å²) < 4.78 is 32.0. The predicted molar refractivity (Wildman–Crippen MR) is 139 cm³/mol. The predicted octanol–water partition coefficient (Wildman–Crippen LogP) is 3.36. The largest absolute Gasteiger partial charge is 0.497 e. The average Bonchev–Trinajstić information content (AvgIpc) is 2.85. The van der Waals surface area contributed by atoms with Crippen LogP contribution in [0.3, 0.4) is 0 Å². The van der Waals surface area contributed by atoms with Crippen molar-refractivity contribution in [3.05, 3.63) is 59.7 Å². The third kappa shape index (κ3) is 7.71. The highest BCUT2D eigenvalue weighted by molar-refractivity contribution is 7.92. The van der Waals surface area contributed by atoms with E-state index >= 15 is 0 Å². The number of para-hydroxylation sites is 1. The number of anilines is 1. The van der Waals surface area contributed by atoms with Crippen LogP contribution in [0.25, 0.3) is 0 Å². The van der Waals surface area contributed by atoms with Gasteiger partial charge in [-0.15, -0.1) is 0 Å². The van der Waals surface area contributed by atoms with Gasteiger partial charge in [-0.1, -0.05) is 51.1 Å². The third-order valence-electron chi connectivity index (χ3n) is 5.74. The summed E-state index contributed by atoms with van der Waals surface area (Å²) in [6, 6.07) is 13.6. The number of amides is 2. The number of rotatable bonds is 13. The Bertz CT molecular complexity index is 1100. The second kappa shape index (κ2) is 13.1. The van der Waals surface area contributed by atoms with Crippen molar-refractivity contribution in [1.29, 1.82) is 0 Å². The van der Waals surface area contributed by atoms with E-state index in [1.54, 1.807) is 31.4 Å². The first-order chi connectivity index (χ1) is 16.7. The lowest BCUT2D eigenvalue weighted by Gasteiger charge is -2.33. The Balaban J connectivity index is 2.47. The van der Waals surface area contributed by atoms with E-state index < -0.39 is 28.5 Å². The molecule has 1 atom stereocenters. The highest BCUT2D eigenvalue weighted by atomic mass is 32.2. The van der Waals surface area contributed by atoms with Crippen molar-refractivity contribution in [1.82, 2.24) is 10.2 Å². The van der Waals surface area contributed by atoms with Gasteiger partial charge in [-0.3, -0.25) is 13.9 Å². The van der Waals surface area contributed by atoms with Gasteiger partial charge in [0.1, 0.15) is 18.3 Å². The van der Waals surface area contributed by atoms with Crippen LogP contribution in [0.5, 0.6) is 5.75 Å². The monoisotopic (exact) mass is 503 g/mol. The second-order valence-corrected chi connectivity index (χ2v) is 10.2. The minimum atomic E-state index is -3.76. The molecule has 0 aromatic heterocycles. The summed E-state index contributed by atoms with van der Waals surface area (Å²) in [7, 11) is -2.20. The van der Waals surface area contributed by atoms with Gasteiger partial charge in [-0.25, -0.2) is 8.42 Å². The van der Waals surface area contributed by atoms with Gasteiger partial charge in [0.15, 0.2) is 0 Å². The van der Waals surface area contributed by atoms with Crippen molar-refractivity contribution in [2.45, 2.75) is 52.6 Å². The number of aryl methyl sites for hydroxylation is 1. The molecule has 2 aromatic rings. The minimum absolute atomic E-state index is 0.140. The molecule has 0 heterocycles. The first-order valence-corrected chi connectivity index (χ1v) is 13.8. The number of nitrogens with one attached hydrogen (secondary N) is 1. The van der Waals surface area contributed by atoms with E-state index in [-0.39, 0.29) is 12.5 Å². The van der Waals surface area contributed by atoms with Crippen molar-refractivity contribution in [2.75, 3.05) is 30.8 Å². The van der Waals surface area contributed by atoms with E-state index in [0.717, 1.165) is 28.1 Å². The lowest BCUT2D eigenvalue weighted by Crippen LogP contribution is -2.52. The molecule has 2 rings (SSSR count). The number of ether oxygens (including phenoxy) is 1. The number of carbonyl (C=O) groups excluding carboxylic acids is 2. The van der Waals surface area contributed by atoms with E-state index in [4.69, 9.17) is 4.74 Å². The van der Waals surface area contributed by atoms with E-state index in [0.29, 0.717) is 30.8 Å². The molecule has 1 unspecified atom stereocenters. The Morgan fingerprint density at radius 1 is 1.06 bits per heavy atom. The highest BCUT2D eigenvalue weighted by Gasteiger charge is 2.32. The molecule has 0 bridgehead atoms. The number of sulfonamides is 1. The standard InChI is InChI=1S/C26H37N3O5S/c1-6-16-27-26(31)23(8-3)28(18-20-12-11-14-22(17-20)34-4)25(30)19-29(35(5,32)33)24-15-10-9-13-21(24)7-2/h9-15,17,23H,6-8,16,18-19H2,1-5H3,(H,27,31). The number of methoxy groups -OCH3 is 1. The first kappa shape index (κ1) is 28.2. The summed E-state index contributed by atoms with van der Waals surface area (Å²) >= 11 is 0. The third-order valence-corrected chi connectivity index (χ3v) is 6.87. The van der Waals surface area contributed by atoms with Crippen LogP contribution >= 0.6 is 0 Å². The fraction of sp³-hybridized carbons (Fsp3) is 0.462. The lowest BCUT2D eigenvalue weighted by molar-refractivity contribution is -0.140. The fourth-order valence-corrected chi connectivity index (χ4v) is 4.78. The van der Waals surface area contributed by atoms with Crippen molar-refractivity contribution in [3.63, 3.8) is 0 Å². The maximum atomic E-state index is 13.7. The first-order valence-electron chi connectivity index (χ1n) is 11.9. The molecule has 8 nitrogen and oxygen atoms in total. The maximum Gasteiger partial charge on any atom is 0.244 e. The van der Waals surface area contributed by atoms with Gasteiger partial charge >= 0.3 is 0 Å². The molecule has 0 aliphatic heterocycles. The summed E-state index contributed by atoms with van der Waals surface area (Å²) in [6.07, 6.45) is 2.85.